The summed E-state index contributed by atoms with van der Waals surface area (Å²) in [6, 6.07) is 0. The van der Waals surface area contributed by atoms with Crippen molar-refractivity contribution in [3.05, 3.63) is 12.0 Å². The van der Waals surface area contributed by atoms with Crippen LogP contribution < -0.4 is 0 Å². The van der Waals surface area contributed by atoms with Gasteiger partial charge in [-0.15, -0.1) is 10.2 Å². The second kappa shape index (κ2) is 2.51. The standard InChI is InChI=1S/C7H8N4O/c1-4(2)6-9-5-3-8-12-7(5)11-10-6/h3-4H,1-2H3. The third kappa shape index (κ3) is 1.03. The van der Waals surface area contributed by atoms with Gasteiger partial charge in [0.2, 0.25) is 0 Å². The molecule has 0 fully saturated rings. The van der Waals surface area contributed by atoms with E-state index in [-0.39, 0.29) is 5.92 Å². The molecule has 2 aromatic rings. The molecule has 0 aliphatic carbocycles. The number of nitrogens with zero attached hydrogens (tertiary/aromatic N) is 4. The third-order valence-electron chi connectivity index (χ3n) is 1.53. The van der Waals surface area contributed by atoms with Crippen molar-refractivity contribution in [2.75, 3.05) is 0 Å². The molecule has 0 saturated heterocycles. The minimum absolute atomic E-state index is 0.275. The van der Waals surface area contributed by atoms with Crippen LogP contribution in [0, 0.1) is 0 Å². The van der Waals surface area contributed by atoms with Gasteiger partial charge in [0.1, 0.15) is 0 Å². The lowest BCUT2D eigenvalue weighted by Crippen LogP contribution is -1.98. The molecule has 0 atom stereocenters. The lowest BCUT2D eigenvalue weighted by Gasteiger charge is -1.98. The summed E-state index contributed by atoms with van der Waals surface area (Å²) < 4.78 is 4.77. The SMILES string of the molecule is CC(C)c1nnc2oncc2n1. The first-order valence-electron chi connectivity index (χ1n) is 3.72. The van der Waals surface area contributed by atoms with Gasteiger partial charge >= 0.3 is 0 Å². The van der Waals surface area contributed by atoms with Crippen molar-refractivity contribution in [3.63, 3.8) is 0 Å². The molecule has 0 aliphatic rings. The van der Waals surface area contributed by atoms with Gasteiger partial charge in [-0.2, -0.15) is 0 Å². The Labute approximate surface area is 68.8 Å². The molecule has 0 saturated carbocycles. The highest BCUT2D eigenvalue weighted by Gasteiger charge is 2.07. The van der Waals surface area contributed by atoms with E-state index in [1.54, 1.807) is 0 Å². The van der Waals surface area contributed by atoms with Crippen LogP contribution in [0.25, 0.3) is 11.2 Å². The number of aromatic nitrogens is 4. The first kappa shape index (κ1) is 7.15. The molecule has 2 heterocycles. The minimum Gasteiger partial charge on any atom is -0.332 e. The van der Waals surface area contributed by atoms with Crippen LogP contribution in [-0.2, 0) is 0 Å². The highest BCUT2D eigenvalue weighted by Crippen LogP contribution is 2.11. The summed E-state index contributed by atoms with van der Waals surface area (Å²) in [5.74, 6) is 0.988. The fourth-order valence-corrected chi connectivity index (χ4v) is 0.861. The van der Waals surface area contributed by atoms with Crippen LogP contribution in [0.15, 0.2) is 10.7 Å². The van der Waals surface area contributed by atoms with Gasteiger partial charge in [0.05, 0.1) is 6.20 Å². The summed E-state index contributed by atoms with van der Waals surface area (Å²) in [5.41, 5.74) is 1.05. The maximum absolute atomic E-state index is 4.77. The van der Waals surface area contributed by atoms with Gasteiger partial charge in [0.25, 0.3) is 5.71 Å². The van der Waals surface area contributed by atoms with Crippen molar-refractivity contribution in [2.24, 2.45) is 0 Å². The molecule has 0 spiro atoms. The Balaban J connectivity index is 2.60. The van der Waals surface area contributed by atoms with Crippen molar-refractivity contribution < 1.29 is 4.52 Å². The quantitative estimate of drug-likeness (QED) is 0.632. The Morgan fingerprint density at radius 1 is 1.33 bits per heavy atom. The normalized spacial score (nSPS) is 11.2. The van der Waals surface area contributed by atoms with Crippen molar-refractivity contribution in [1.29, 1.82) is 0 Å². The number of rotatable bonds is 1. The summed E-state index contributed by atoms with van der Waals surface area (Å²) in [7, 11) is 0. The lowest BCUT2D eigenvalue weighted by molar-refractivity contribution is 0.444. The molecule has 0 bridgehead atoms. The molecule has 0 N–H and O–H groups in total. The van der Waals surface area contributed by atoms with Gasteiger partial charge < -0.3 is 4.52 Å². The monoisotopic (exact) mass is 164 g/mol. The Kier molecular flexibility index (Phi) is 1.49. The summed E-state index contributed by atoms with van der Waals surface area (Å²) in [5, 5.41) is 11.3. The molecule has 0 radical (unpaired) electrons. The van der Waals surface area contributed by atoms with Crippen molar-refractivity contribution in [1.82, 2.24) is 20.3 Å². The van der Waals surface area contributed by atoms with Crippen LogP contribution in [0.3, 0.4) is 0 Å². The maximum atomic E-state index is 4.77. The fraction of sp³-hybridized carbons (Fsp3) is 0.429. The van der Waals surface area contributed by atoms with E-state index in [9.17, 15) is 0 Å². The summed E-state index contributed by atoms with van der Waals surface area (Å²) in [4.78, 5) is 4.20. The second-order valence-electron chi connectivity index (χ2n) is 2.84. The summed E-state index contributed by atoms with van der Waals surface area (Å²) in [6.07, 6.45) is 1.54. The number of hydrogen-bond acceptors (Lipinski definition) is 5. The van der Waals surface area contributed by atoms with Crippen molar-refractivity contribution >= 4 is 11.2 Å². The van der Waals surface area contributed by atoms with Crippen LogP contribution in [0.5, 0.6) is 0 Å². The van der Waals surface area contributed by atoms with Gasteiger partial charge in [0.15, 0.2) is 11.3 Å². The highest BCUT2D eigenvalue weighted by molar-refractivity contribution is 5.64. The smallest absolute Gasteiger partial charge is 0.294 e. The zero-order valence-electron chi connectivity index (χ0n) is 6.85. The first-order valence-corrected chi connectivity index (χ1v) is 3.72. The average Bonchev–Trinajstić information content (AvgIpc) is 2.49. The summed E-state index contributed by atoms with van der Waals surface area (Å²) in [6.45, 7) is 4.02. The van der Waals surface area contributed by atoms with Crippen LogP contribution in [0.2, 0.25) is 0 Å². The molecule has 0 aliphatic heterocycles. The lowest BCUT2D eigenvalue weighted by atomic mass is 10.2. The van der Waals surface area contributed by atoms with E-state index in [0.717, 1.165) is 0 Å². The second-order valence-corrected chi connectivity index (χ2v) is 2.84. The molecule has 0 unspecified atom stereocenters. The molecule has 0 amide bonds. The zero-order valence-corrected chi connectivity index (χ0v) is 6.85. The minimum atomic E-state index is 0.275. The van der Waals surface area contributed by atoms with Crippen LogP contribution >= 0.6 is 0 Å². The highest BCUT2D eigenvalue weighted by atomic mass is 16.5. The predicted octanol–water partition coefficient (Wildman–Crippen LogP) is 1.14. The van der Waals surface area contributed by atoms with Gasteiger partial charge in [0, 0.05) is 5.92 Å². The number of fused-ring (bicyclic) bond motifs is 1. The third-order valence-corrected chi connectivity index (χ3v) is 1.53. The molecule has 2 aromatic heterocycles. The average molecular weight is 164 g/mol. The van der Waals surface area contributed by atoms with Gasteiger partial charge in [-0.05, 0) is 0 Å². The zero-order chi connectivity index (χ0) is 8.55. The molecule has 2 rings (SSSR count). The van der Waals surface area contributed by atoms with E-state index in [4.69, 9.17) is 4.52 Å². The molecule has 0 aromatic carbocycles. The Morgan fingerprint density at radius 3 is 2.92 bits per heavy atom. The Bertz CT molecular complexity index is 395. The number of hydrogen-bond donors (Lipinski definition) is 0. The topological polar surface area (TPSA) is 64.7 Å². The van der Waals surface area contributed by atoms with E-state index in [0.29, 0.717) is 17.1 Å². The van der Waals surface area contributed by atoms with Crippen LogP contribution in [0.4, 0.5) is 0 Å². The molecule has 5 heteroatoms. The van der Waals surface area contributed by atoms with Crippen molar-refractivity contribution in [2.45, 2.75) is 19.8 Å². The molecule has 62 valence electrons. The van der Waals surface area contributed by atoms with E-state index < -0.39 is 0 Å². The largest absolute Gasteiger partial charge is 0.332 e. The van der Waals surface area contributed by atoms with Gasteiger partial charge in [-0.1, -0.05) is 19.0 Å². The van der Waals surface area contributed by atoms with Gasteiger partial charge in [-0.3, -0.25) is 0 Å². The molecule has 5 nitrogen and oxygen atoms in total. The van der Waals surface area contributed by atoms with E-state index in [2.05, 4.69) is 20.3 Å². The van der Waals surface area contributed by atoms with Crippen LogP contribution in [-0.4, -0.2) is 20.3 Å². The summed E-state index contributed by atoms with van der Waals surface area (Å²) >= 11 is 0. The Hall–Kier alpha value is -1.52. The van der Waals surface area contributed by atoms with Gasteiger partial charge in [-0.25, -0.2) is 4.98 Å². The predicted molar refractivity (Wildman–Crippen MR) is 41.5 cm³/mol. The fourth-order valence-electron chi connectivity index (χ4n) is 0.861. The Morgan fingerprint density at radius 2 is 2.17 bits per heavy atom. The molecule has 12 heavy (non-hydrogen) atoms. The maximum Gasteiger partial charge on any atom is 0.294 e. The molecular formula is C7H8N4O. The van der Waals surface area contributed by atoms with E-state index in [1.165, 1.54) is 6.20 Å². The molecular weight excluding hydrogens is 156 g/mol. The first-order chi connectivity index (χ1) is 5.77. The van der Waals surface area contributed by atoms with Crippen molar-refractivity contribution in [3.8, 4) is 0 Å². The van der Waals surface area contributed by atoms with Crippen LogP contribution in [0.1, 0.15) is 25.6 Å². The van der Waals surface area contributed by atoms with E-state index in [1.807, 2.05) is 13.8 Å². The van der Waals surface area contributed by atoms with E-state index >= 15 is 0 Å².